The summed E-state index contributed by atoms with van der Waals surface area (Å²) >= 11 is 5.96. The zero-order chi connectivity index (χ0) is 17.3. The number of sulfonamides is 1. The van der Waals surface area contributed by atoms with Gasteiger partial charge in [0.2, 0.25) is 15.9 Å². The van der Waals surface area contributed by atoms with Crippen LogP contribution >= 0.6 is 11.6 Å². The number of benzene rings is 1. The Labute approximate surface area is 148 Å². The van der Waals surface area contributed by atoms with Crippen molar-refractivity contribution >= 4 is 27.5 Å². The molecule has 0 aliphatic carbocycles. The van der Waals surface area contributed by atoms with Crippen LogP contribution in [0.2, 0.25) is 5.02 Å². The monoisotopic (exact) mass is 370 g/mol. The van der Waals surface area contributed by atoms with Gasteiger partial charge < -0.3 is 4.90 Å². The second-order valence-corrected chi connectivity index (χ2v) is 9.07. The average molecular weight is 371 g/mol. The molecule has 1 aromatic carbocycles. The Morgan fingerprint density at radius 1 is 1.25 bits per heavy atom. The van der Waals surface area contributed by atoms with E-state index in [-0.39, 0.29) is 23.6 Å². The van der Waals surface area contributed by atoms with Crippen LogP contribution in [0.25, 0.3) is 0 Å². The van der Waals surface area contributed by atoms with Crippen LogP contribution in [0.15, 0.2) is 24.3 Å². The Bertz CT molecular complexity index is 722. The van der Waals surface area contributed by atoms with Gasteiger partial charge >= 0.3 is 0 Å². The Kier molecular flexibility index (Phi) is 5.18. The summed E-state index contributed by atoms with van der Waals surface area (Å²) in [7, 11) is -3.47. The second-order valence-electron chi connectivity index (χ2n) is 6.66. The third-order valence-electron chi connectivity index (χ3n) is 4.86. The second kappa shape index (κ2) is 7.02. The SMILES string of the molecule is CCCN1C(=O)[C@@H]2CC[C@H]1CN(S(=O)(=O)Cc1cccc(Cl)c1)C2. The molecule has 7 heteroatoms. The van der Waals surface area contributed by atoms with Crippen molar-refractivity contribution in [2.75, 3.05) is 19.6 Å². The van der Waals surface area contributed by atoms with E-state index < -0.39 is 10.0 Å². The minimum atomic E-state index is -3.47. The summed E-state index contributed by atoms with van der Waals surface area (Å²) in [6.07, 6.45) is 2.57. The zero-order valence-electron chi connectivity index (χ0n) is 13.8. The Balaban J connectivity index is 1.80. The first kappa shape index (κ1) is 17.7. The molecule has 3 heterocycles. The van der Waals surface area contributed by atoms with E-state index in [0.29, 0.717) is 30.2 Å². The number of amides is 1. The van der Waals surface area contributed by atoms with Crippen LogP contribution < -0.4 is 0 Å². The van der Waals surface area contributed by atoms with E-state index in [0.717, 1.165) is 19.3 Å². The largest absolute Gasteiger partial charge is 0.338 e. The standard InChI is InChI=1S/C17H23ClN2O3S/c1-2-8-20-16-7-6-14(17(20)21)10-19(11-16)24(22,23)12-13-4-3-5-15(18)9-13/h3-5,9,14,16H,2,6-8,10-12H2,1H3/t14-,16+/m1/s1. The van der Waals surface area contributed by atoms with Gasteiger partial charge in [0.05, 0.1) is 11.7 Å². The number of rotatable bonds is 5. The smallest absolute Gasteiger partial charge is 0.227 e. The molecule has 1 aromatic rings. The van der Waals surface area contributed by atoms with Gasteiger partial charge in [-0.05, 0) is 37.0 Å². The molecule has 3 fully saturated rings. The molecule has 0 unspecified atom stereocenters. The van der Waals surface area contributed by atoms with E-state index in [1.54, 1.807) is 24.3 Å². The number of carbonyl (C=O) groups is 1. The molecule has 2 bridgehead atoms. The number of carbonyl (C=O) groups excluding carboxylic acids is 1. The lowest BCUT2D eigenvalue weighted by molar-refractivity contribution is -0.139. The maximum atomic E-state index is 12.9. The molecule has 3 aliphatic rings. The summed E-state index contributed by atoms with van der Waals surface area (Å²) in [5, 5.41) is 0.530. The predicted octanol–water partition coefficient (Wildman–Crippen LogP) is 2.50. The highest BCUT2D eigenvalue weighted by Crippen LogP contribution is 2.31. The van der Waals surface area contributed by atoms with Crippen molar-refractivity contribution in [3.8, 4) is 0 Å². The van der Waals surface area contributed by atoms with Crippen molar-refractivity contribution < 1.29 is 13.2 Å². The van der Waals surface area contributed by atoms with Gasteiger partial charge in [0, 0.05) is 30.7 Å². The van der Waals surface area contributed by atoms with Crippen LogP contribution in [0.1, 0.15) is 31.7 Å². The summed E-state index contributed by atoms with van der Waals surface area (Å²) in [5.41, 5.74) is 0.677. The molecule has 0 radical (unpaired) electrons. The van der Waals surface area contributed by atoms with E-state index in [9.17, 15) is 13.2 Å². The fourth-order valence-electron chi connectivity index (χ4n) is 3.69. The lowest BCUT2D eigenvalue weighted by Crippen LogP contribution is -2.48. The van der Waals surface area contributed by atoms with Gasteiger partial charge in [-0.3, -0.25) is 4.79 Å². The van der Waals surface area contributed by atoms with Gasteiger partial charge in [-0.2, -0.15) is 4.31 Å². The van der Waals surface area contributed by atoms with Crippen molar-refractivity contribution in [1.29, 1.82) is 0 Å². The van der Waals surface area contributed by atoms with Crippen LogP contribution in [-0.2, 0) is 20.6 Å². The van der Waals surface area contributed by atoms with Gasteiger partial charge in [-0.15, -0.1) is 0 Å². The van der Waals surface area contributed by atoms with Crippen molar-refractivity contribution in [1.82, 2.24) is 9.21 Å². The molecule has 1 amide bonds. The average Bonchev–Trinajstić information content (AvgIpc) is 2.81. The van der Waals surface area contributed by atoms with Crippen LogP contribution in [0.5, 0.6) is 0 Å². The van der Waals surface area contributed by atoms with E-state index in [1.807, 2.05) is 11.8 Å². The molecule has 0 saturated carbocycles. The van der Waals surface area contributed by atoms with E-state index in [2.05, 4.69) is 0 Å². The highest BCUT2D eigenvalue weighted by atomic mass is 35.5. The molecule has 24 heavy (non-hydrogen) atoms. The minimum Gasteiger partial charge on any atom is -0.338 e. The number of hydrogen-bond donors (Lipinski definition) is 0. The Morgan fingerprint density at radius 2 is 2.04 bits per heavy atom. The summed E-state index contributed by atoms with van der Waals surface area (Å²) in [4.78, 5) is 14.5. The van der Waals surface area contributed by atoms with Crippen molar-refractivity contribution in [2.45, 2.75) is 38.0 Å². The molecule has 3 aliphatic heterocycles. The van der Waals surface area contributed by atoms with Crippen LogP contribution in [-0.4, -0.2) is 49.2 Å². The molecule has 5 nitrogen and oxygen atoms in total. The zero-order valence-corrected chi connectivity index (χ0v) is 15.4. The third-order valence-corrected chi connectivity index (χ3v) is 6.87. The Morgan fingerprint density at radius 3 is 2.75 bits per heavy atom. The maximum Gasteiger partial charge on any atom is 0.227 e. The summed E-state index contributed by atoms with van der Waals surface area (Å²) in [6.45, 7) is 3.46. The molecule has 4 rings (SSSR count). The normalized spacial score (nSPS) is 25.1. The molecular weight excluding hydrogens is 348 g/mol. The third kappa shape index (κ3) is 3.60. The molecule has 0 spiro atoms. The topological polar surface area (TPSA) is 57.7 Å². The van der Waals surface area contributed by atoms with E-state index in [1.165, 1.54) is 4.31 Å². The fourth-order valence-corrected chi connectivity index (χ4v) is 5.49. The first-order valence-electron chi connectivity index (χ1n) is 8.43. The van der Waals surface area contributed by atoms with Crippen LogP contribution in [0.3, 0.4) is 0 Å². The summed E-state index contributed by atoms with van der Waals surface area (Å²) < 4.78 is 27.2. The lowest BCUT2D eigenvalue weighted by atomic mass is 9.94. The number of halogens is 1. The van der Waals surface area contributed by atoms with Crippen molar-refractivity contribution in [2.24, 2.45) is 5.92 Å². The highest BCUT2D eigenvalue weighted by molar-refractivity contribution is 7.88. The van der Waals surface area contributed by atoms with Crippen molar-refractivity contribution in [3.63, 3.8) is 0 Å². The number of piperidine rings is 1. The molecule has 3 saturated heterocycles. The van der Waals surface area contributed by atoms with Gasteiger partial charge in [0.1, 0.15) is 0 Å². The minimum absolute atomic E-state index is 0.00494. The first-order chi connectivity index (χ1) is 11.4. The lowest BCUT2D eigenvalue weighted by Gasteiger charge is -2.35. The summed E-state index contributed by atoms with van der Waals surface area (Å²) in [6, 6.07) is 6.94. The molecule has 0 N–H and O–H groups in total. The van der Waals surface area contributed by atoms with Gasteiger partial charge in [-0.1, -0.05) is 30.7 Å². The Hall–Kier alpha value is -1.11. The molecule has 132 valence electrons. The molecular formula is C17H23ClN2O3S. The molecule has 2 atom stereocenters. The number of fused-ring (bicyclic) bond motifs is 4. The fraction of sp³-hybridized carbons (Fsp3) is 0.588. The summed E-state index contributed by atoms with van der Waals surface area (Å²) in [5.74, 6) is -0.160. The highest BCUT2D eigenvalue weighted by Gasteiger charge is 2.43. The van der Waals surface area contributed by atoms with E-state index in [4.69, 9.17) is 11.6 Å². The predicted molar refractivity (Wildman–Crippen MR) is 94.2 cm³/mol. The van der Waals surface area contributed by atoms with Gasteiger partial charge in [-0.25, -0.2) is 8.42 Å². The molecule has 0 aromatic heterocycles. The number of hydrogen-bond acceptors (Lipinski definition) is 3. The quantitative estimate of drug-likeness (QED) is 0.800. The maximum absolute atomic E-state index is 12.9. The van der Waals surface area contributed by atoms with Crippen LogP contribution in [0.4, 0.5) is 0 Å². The van der Waals surface area contributed by atoms with Gasteiger partial charge in [0.15, 0.2) is 0 Å². The van der Waals surface area contributed by atoms with Gasteiger partial charge in [0.25, 0.3) is 0 Å². The van der Waals surface area contributed by atoms with Crippen LogP contribution in [0, 0.1) is 5.92 Å². The van der Waals surface area contributed by atoms with Crippen molar-refractivity contribution in [3.05, 3.63) is 34.9 Å². The van der Waals surface area contributed by atoms with E-state index >= 15 is 0 Å². The first-order valence-corrected chi connectivity index (χ1v) is 10.4. The number of nitrogens with zero attached hydrogens (tertiary/aromatic N) is 2.